The van der Waals surface area contributed by atoms with Gasteiger partial charge in [0.2, 0.25) is 5.91 Å². The Labute approximate surface area is 103 Å². The van der Waals surface area contributed by atoms with E-state index in [9.17, 15) is 4.79 Å². The minimum atomic E-state index is -0.191. The number of carbonyl (C=O) groups is 1. The number of nitrogens with two attached hydrogens (primary N) is 1. The summed E-state index contributed by atoms with van der Waals surface area (Å²) in [4.78, 5) is 13.6. The number of nitrogens with zero attached hydrogens (tertiary/aromatic N) is 1. The Kier molecular flexibility index (Phi) is 5.88. The van der Waals surface area contributed by atoms with E-state index in [2.05, 4.69) is 0 Å². The second-order valence-corrected chi connectivity index (χ2v) is 4.63. The van der Waals surface area contributed by atoms with Gasteiger partial charge in [0.25, 0.3) is 0 Å². The van der Waals surface area contributed by atoms with Crippen molar-refractivity contribution in [1.82, 2.24) is 4.90 Å². The molecule has 1 rings (SSSR count). The highest BCUT2D eigenvalue weighted by Gasteiger charge is 2.39. The van der Waals surface area contributed by atoms with Crippen LogP contribution < -0.4 is 5.73 Å². The molecule has 1 saturated carbocycles. The summed E-state index contributed by atoms with van der Waals surface area (Å²) in [5, 5.41) is 0. The van der Waals surface area contributed by atoms with Gasteiger partial charge in [0, 0.05) is 27.2 Å². The fourth-order valence-corrected chi connectivity index (χ4v) is 1.95. The van der Waals surface area contributed by atoms with E-state index in [1.54, 1.807) is 19.1 Å². The van der Waals surface area contributed by atoms with Crippen molar-refractivity contribution < 1.29 is 14.3 Å². The van der Waals surface area contributed by atoms with Gasteiger partial charge in [0.15, 0.2) is 0 Å². The minimum Gasteiger partial charge on any atom is -0.378 e. The molecule has 0 aromatic carbocycles. The lowest BCUT2D eigenvalue weighted by Crippen LogP contribution is -2.44. The lowest BCUT2D eigenvalue weighted by molar-refractivity contribution is -0.143. The maximum atomic E-state index is 11.9. The highest BCUT2D eigenvalue weighted by Crippen LogP contribution is 2.38. The van der Waals surface area contributed by atoms with Gasteiger partial charge in [-0.3, -0.25) is 4.79 Å². The molecule has 2 N–H and O–H groups in total. The molecule has 0 saturated heterocycles. The van der Waals surface area contributed by atoms with E-state index >= 15 is 0 Å². The van der Waals surface area contributed by atoms with E-state index in [-0.39, 0.29) is 11.5 Å². The van der Waals surface area contributed by atoms with E-state index < -0.39 is 0 Å². The van der Waals surface area contributed by atoms with Crippen LogP contribution in [0.5, 0.6) is 0 Å². The monoisotopic (exact) mass is 244 g/mol. The molecule has 0 unspecified atom stereocenters. The maximum absolute atomic E-state index is 11.9. The molecule has 17 heavy (non-hydrogen) atoms. The first-order valence-corrected chi connectivity index (χ1v) is 6.20. The third kappa shape index (κ3) is 4.26. The van der Waals surface area contributed by atoms with Gasteiger partial charge in [-0.05, 0) is 19.3 Å². The minimum absolute atomic E-state index is 0.128. The number of hydrogen-bond acceptors (Lipinski definition) is 4. The van der Waals surface area contributed by atoms with Gasteiger partial charge in [-0.1, -0.05) is 0 Å². The Bertz CT molecular complexity index is 236. The van der Waals surface area contributed by atoms with Gasteiger partial charge >= 0.3 is 0 Å². The average molecular weight is 244 g/mol. The molecule has 0 heterocycles. The number of amides is 1. The van der Waals surface area contributed by atoms with Crippen molar-refractivity contribution in [2.45, 2.75) is 31.3 Å². The van der Waals surface area contributed by atoms with Gasteiger partial charge in [-0.2, -0.15) is 0 Å². The molecule has 5 nitrogen and oxygen atoms in total. The Morgan fingerprint density at radius 2 is 2.12 bits per heavy atom. The van der Waals surface area contributed by atoms with Crippen LogP contribution in [0.15, 0.2) is 0 Å². The summed E-state index contributed by atoms with van der Waals surface area (Å²) in [6.45, 7) is 2.21. The summed E-state index contributed by atoms with van der Waals surface area (Å²) >= 11 is 0. The first kappa shape index (κ1) is 14.4. The van der Waals surface area contributed by atoms with Crippen LogP contribution in [-0.2, 0) is 14.3 Å². The molecule has 1 aliphatic rings. The number of likely N-dealkylation sites (N-methyl/N-ethyl adjacent to an activating group) is 1. The van der Waals surface area contributed by atoms with Gasteiger partial charge in [-0.25, -0.2) is 0 Å². The number of hydrogen-bond donors (Lipinski definition) is 1. The van der Waals surface area contributed by atoms with Gasteiger partial charge < -0.3 is 20.1 Å². The Morgan fingerprint density at radius 3 is 2.59 bits per heavy atom. The van der Waals surface area contributed by atoms with Gasteiger partial charge in [0.05, 0.1) is 25.2 Å². The Hall–Kier alpha value is -0.650. The Balaban J connectivity index is 2.22. The molecule has 0 aromatic rings. The Morgan fingerprint density at radius 1 is 1.41 bits per heavy atom. The fraction of sp³-hybridized carbons (Fsp3) is 0.917. The topological polar surface area (TPSA) is 64.8 Å². The van der Waals surface area contributed by atoms with Crippen molar-refractivity contribution in [3.8, 4) is 0 Å². The molecule has 0 aromatic heterocycles. The number of carbonyl (C=O) groups excluding carboxylic acids is 1. The van der Waals surface area contributed by atoms with Crippen molar-refractivity contribution in [1.29, 1.82) is 0 Å². The van der Waals surface area contributed by atoms with E-state index in [4.69, 9.17) is 15.2 Å². The second kappa shape index (κ2) is 6.93. The zero-order chi connectivity index (χ0) is 12.7. The molecule has 5 heteroatoms. The maximum Gasteiger partial charge on any atom is 0.225 e. The highest BCUT2D eigenvalue weighted by molar-refractivity contribution is 5.77. The smallest absolute Gasteiger partial charge is 0.225 e. The zero-order valence-corrected chi connectivity index (χ0v) is 10.9. The lowest BCUT2D eigenvalue weighted by atomic mass is 9.77. The van der Waals surface area contributed by atoms with Crippen LogP contribution >= 0.6 is 0 Å². The van der Waals surface area contributed by atoms with E-state index in [0.29, 0.717) is 32.7 Å². The molecule has 100 valence electrons. The van der Waals surface area contributed by atoms with Gasteiger partial charge in [0.1, 0.15) is 0 Å². The van der Waals surface area contributed by atoms with Crippen LogP contribution in [0.1, 0.15) is 25.7 Å². The molecule has 0 bridgehead atoms. The summed E-state index contributed by atoms with van der Waals surface area (Å²) in [5.74, 6) is 0.128. The molecule has 0 spiro atoms. The van der Waals surface area contributed by atoms with Gasteiger partial charge in [-0.15, -0.1) is 0 Å². The summed E-state index contributed by atoms with van der Waals surface area (Å²) in [6.07, 6.45) is 3.63. The first-order chi connectivity index (χ1) is 8.13. The van der Waals surface area contributed by atoms with Crippen molar-refractivity contribution >= 4 is 5.91 Å². The summed E-state index contributed by atoms with van der Waals surface area (Å²) < 4.78 is 10.7. The normalized spacial score (nSPS) is 17.6. The van der Waals surface area contributed by atoms with Crippen LogP contribution in [0.25, 0.3) is 0 Å². The SMILES string of the molecule is COC1(CC(=O)N(C)CCOCCN)CCC1. The van der Waals surface area contributed by atoms with Crippen molar-refractivity contribution in [3.63, 3.8) is 0 Å². The van der Waals surface area contributed by atoms with Crippen molar-refractivity contribution in [2.75, 3.05) is 40.5 Å². The number of ether oxygens (including phenoxy) is 2. The molecule has 1 fully saturated rings. The summed E-state index contributed by atoms with van der Waals surface area (Å²) in [7, 11) is 3.49. The lowest BCUT2D eigenvalue weighted by Gasteiger charge is -2.40. The largest absolute Gasteiger partial charge is 0.378 e. The molecule has 1 amide bonds. The van der Waals surface area contributed by atoms with Crippen LogP contribution in [0.2, 0.25) is 0 Å². The standard InChI is InChI=1S/C12H24N2O3/c1-14(7-9-17-8-6-13)11(15)10-12(16-2)4-3-5-12/h3-10,13H2,1-2H3. The van der Waals surface area contributed by atoms with Crippen LogP contribution in [0.3, 0.4) is 0 Å². The average Bonchev–Trinajstić information content (AvgIpc) is 2.28. The van der Waals surface area contributed by atoms with E-state index in [1.807, 2.05) is 0 Å². The highest BCUT2D eigenvalue weighted by atomic mass is 16.5. The number of rotatable bonds is 8. The first-order valence-electron chi connectivity index (χ1n) is 6.20. The molecular formula is C12H24N2O3. The summed E-state index contributed by atoms with van der Waals surface area (Å²) in [5.41, 5.74) is 5.12. The van der Waals surface area contributed by atoms with E-state index in [1.165, 1.54) is 0 Å². The number of methoxy groups -OCH3 is 1. The van der Waals surface area contributed by atoms with Crippen LogP contribution in [0, 0.1) is 0 Å². The molecule has 0 radical (unpaired) electrons. The molecular weight excluding hydrogens is 220 g/mol. The van der Waals surface area contributed by atoms with Crippen molar-refractivity contribution in [3.05, 3.63) is 0 Å². The predicted octanol–water partition coefficient (Wildman–Crippen LogP) is 0.379. The second-order valence-electron chi connectivity index (χ2n) is 4.63. The van der Waals surface area contributed by atoms with Crippen molar-refractivity contribution in [2.24, 2.45) is 5.73 Å². The molecule has 0 atom stereocenters. The third-order valence-corrected chi connectivity index (χ3v) is 3.43. The van der Waals surface area contributed by atoms with Crippen LogP contribution in [-0.4, -0.2) is 56.9 Å². The summed E-state index contributed by atoms with van der Waals surface area (Å²) in [6, 6.07) is 0. The fourth-order valence-electron chi connectivity index (χ4n) is 1.95. The quantitative estimate of drug-likeness (QED) is 0.627. The predicted molar refractivity (Wildman–Crippen MR) is 65.7 cm³/mol. The zero-order valence-electron chi connectivity index (χ0n) is 10.9. The third-order valence-electron chi connectivity index (χ3n) is 3.43. The van der Waals surface area contributed by atoms with Crippen LogP contribution in [0.4, 0.5) is 0 Å². The molecule has 0 aliphatic heterocycles. The molecule has 1 aliphatic carbocycles. The van der Waals surface area contributed by atoms with E-state index in [0.717, 1.165) is 19.3 Å².